The van der Waals surface area contributed by atoms with Gasteiger partial charge in [0.25, 0.3) is 0 Å². The third-order valence-corrected chi connectivity index (χ3v) is 2.65. The van der Waals surface area contributed by atoms with Crippen molar-refractivity contribution < 1.29 is 9.53 Å². The van der Waals surface area contributed by atoms with E-state index in [9.17, 15) is 4.79 Å². The van der Waals surface area contributed by atoms with E-state index in [1.54, 1.807) is 11.9 Å². The van der Waals surface area contributed by atoms with Crippen LogP contribution >= 0.6 is 12.2 Å². The lowest BCUT2D eigenvalue weighted by Gasteiger charge is -2.27. The lowest BCUT2D eigenvalue weighted by molar-refractivity contribution is -0.130. The Hall–Kier alpha value is -0.680. The molecular formula is C10H18N2O2S. The molecule has 0 aliphatic carbocycles. The molecule has 1 aliphatic rings. The van der Waals surface area contributed by atoms with Crippen molar-refractivity contribution in [2.24, 2.45) is 5.73 Å². The van der Waals surface area contributed by atoms with Crippen molar-refractivity contribution >= 4 is 23.1 Å². The molecule has 1 unspecified atom stereocenters. The summed E-state index contributed by atoms with van der Waals surface area (Å²) in [5.74, 6) is -0.0309. The molecule has 0 saturated carbocycles. The minimum absolute atomic E-state index is 0.0309. The number of hydrogen-bond acceptors (Lipinski definition) is 3. The molecule has 0 spiro atoms. The highest BCUT2D eigenvalue weighted by Crippen LogP contribution is 2.13. The predicted molar refractivity (Wildman–Crippen MR) is 62.6 cm³/mol. The Balaban J connectivity index is 2.29. The van der Waals surface area contributed by atoms with Gasteiger partial charge in [0.1, 0.15) is 0 Å². The SMILES string of the molecule is CN(CC1CCCCO1)C(=O)CC(N)=S. The van der Waals surface area contributed by atoms with Crippen LogP contribution in [0.5, 0.6) is 0 Å². The smallest absolute Gasteiger partial charge is 0.229 e. The van der Waals surface area contributed by atoms with E-state index >= 15 is 0 Å². The first-order chi connectivity index (χ1) is 7.09. The molecule has 1 amide bonds. The van der Waals surface area contributed by atoms with Crippen molar-refractivity contribution in [3.05, 3.63) is 0 Å². The van der Waals surface area contributed by atoms with Crippen LogP contribution in [-0.2, 0) is 9.53 Å². The molecule has 15 heavy (non-hydrogen) atoms. The standard InChI is InChI=1S/C10H18N2O2S/c1-12(10(13)6-9(11)15)7-8-4-2-3-5-14-8/h8H,2-7H2,1H3,(H2,11,15). The van der Waals surface area contributed by atoms with Crippen molar-refractivity contribution in [2.45, 2.75) is 31.8 Å². The number of likely N-dealkylation sites (N-methyl/N-ethyl adjacent to an activating group) is 1. The Labute approximate surface area is 95.8 Å². The van der Waals surface area contributed by atoms with Crippen LogP contribution in [0.4, 0.5) is 0 Å². The van der Waals surface area contributed by atoms with Crippen LogP contribution in [0.2, 0.25) is 0 Å². The van der Waals surface area contributed by atoms with Gasteiger partial charge in [-0.05, 0) is 19.3 Å². The first kappa shape index (κ1) is 12.4. The van der Waals surface area contributed by atoms with Gasteiger partial charge in [-0.3, -0.25) is 4.79 Å². The minimum Gasteiger partial charge on any atom is -0.393 e. The van der Waals surface area contributed by atoms with E-state index in [1.165, 1.54) is 6.42 Å². The van der Waals surface area contributed by atoms with Gasteiger partial charge in [-0.25, -0.2) is 0 Å². The summed E-state index contributed by atoms with van der Waals surface area (Å²) in [4.78, 5) is 13.4. The van der Waals surface area contributed by atoms with Crippen LogP contribution in [0.25, 0.3) is 0 Å². The predicted octanol–water partition coefficient (Wildman–Crippen LogP) is 0.690. The third kappa shape index (κ3) is 4.57. The number of hydrogen-bond donors (Lipinski definition) is 1. The number of nitrogens with zero attached hydrogens (tertiary/aromatic N) is 1. The number of thiocarbonyl (C=S) groups is 1. The van der Waals surface area contributed by atoms with Crippen molar-refractivity contribution in [1.82, 2.24) is 4.90 Å². The van der Waals surface area contributed by atoms with Crippen molar-refractivity contribution in [2.75, 3.05) is 20.2 Å². The summed E-state index contributed by atoms with van der Waals surface area (Å²) in [5, 5.41) is 0. The van der Waals surface area contributed by atoms with E-state index < -0.39 is 0 Å². The molecule has 1 heterocycles. The Bertz CT molecular complexity index is 240. The van der Waals surface area contributed by atoms with Gasteiger partial charge >= 0.3 is 0 Å². The molecule has 2 N–H and O–H groups in total. The first-order valence-corrected chi connectivity index (χ1v) is 5.64. The molecule has 0 bridgehead atoms. The fraction of sp³-hybridized carbons (Fsp3) is 0.800. The van der Waals surface area contributed by atoms with Crippen molar-refractivity contribution in [3.63, 3.8) is 0 Å². The average Bonchev–Trinajstić information content (AvgIpc) is 2.18. The average molecular weight is 230 g/mol. The van der Waals surface area contributed by atoms with E-state index in [0.717, 1.165) is 19.4 Å². The molecule has 1 fully saturated rings. The molecule has 86 valence electrons. The van der Waals surface area contributed by atoms with Gasteiger partial charge in [0, 0.05) is 20.2 Å². The molecule has 0 radical (unpaired) electrons. The van der Waals surface area contributed by atoms with Crippen molar-refractivity contribution in [1.29, 1.82) is 0 Å². The summed E-state index contributed by atoms with van der Waals surface area (Å²) in [6, 6.07) is 0. The topological polar surface area (TPSA) is 55.6 Å². The zero-order valence-corrected chi connectivity index (χ0v) is 9.89. The van der Waals surface area contributed by atoms with Crippen LogP contribution in [0, 0.1) is 0 Å². The molecule has 1 rings (SSSR count). The monoisotopic (exact) mass is 230 g/mol. The molecule has 1 saturated heterocycles. The summed E-state index contributed by atoms with van der Waals surface area (Å²) in [5.41, 5.74) is 5.32. The molecular weight excluding hydrogens is 212 g/mol. The summed E-state index contributed by atoms with van der Waals surface area (Å²) in [6.07, 6.45) is 3.67. The maximum absolute atomic E-state index is 11.5. The van der Waals surface area contributed by atoms with Gasteiger partial charge in [-0.2, -0.15) is 0 Å². The van der Waals surface area contributed by atoms with Crippen LogP contribution in [0.3, 0.4) is 0 Å². The van der Waals surface area contributed by atoms with E-state index in [-0.39, 0.29) is 23.4 Å². The third-order valence-electron chi connectivity index (χ3n) is 2.50. The van der Waals surface area contributed by atoms with E-state index in [4.69, 9.17) is 22.7 Å². The Morgan fingerprint density at radius 1 is 1.60 bits per heavy atom. The second-order valence-corrected chi connectivity index (χ2v) is 4.43. The highest BCUT2D eigenvalue weighted by molar-refractivity contribution is 7.80. The van der Waals surface area contributed by atoms with Gasteiger partial charge in [0.2, 0.25) is 5.91 Å². The zero-order valence-electron chi connectivity index (χ0n) is 9.07. The highest BCUT2D eigenvalue weighted by atomic mass is 32.1. The lowest BCUT2D eigenvalue weighted by Crippen LogP contribution is -2.38. The normalized spacial score (nSPS) is 21.0. The van der Waals surface area contributed by atoms with E-state index in [0.29, 0.717) is 6.54 Å². The van der Waals surface area contributed by atoms with Crippen LogP contribution < -0.4 is 5.73 Å². The molecule has 1 atom stereocenters. The van der Waals surface area contributed by atoms with Crippen molar-refractivity contribution in [3.8, 4) is 0 Å². The number of nitrogens with two attached hydrogens (primary N) is 1. The molecule has 0 aromatic rings. The fourth-order valence-corrected chi connectivity index (χ4v) is 1.77. The Morgan fingerprint density at radius 2 is 2.33 bits per heavy atom. The molecule has 4 nitrogen and oxygen atoms in total. The summed E-state index contributed by atoms with van der Waals surface area (Å²) >= 11 is 4.69. The van der Waals surface area contributed by atoms with Gasteiger partial charge in [0.15, 0.2) is 0 Å². The summed E-state index contributed by atoms with van der Waals surface area (Å²) in [6.45, 7) is 1.45. The number of carbonyl (C=O) groups excluding carboxylic acids is 1. The highest BCUT2D eigenvalue weighted by Gasteiger charge is 2.18. The quantitative estimate of drug-likeness (QED) is 0.722. The number of carbonyl (C=O) groups is 1. The van der Waals surface area contributed by atoms with E-state index in [2.05, 4.69) is 0 Å². The molecule has 0 aromatic heterocycles. The maximum Gasteiger partial charge on any atom is 0.229 e. The number of ether oxygens (including phenoxy) is 1. The largest absolute Gasteiger partial charge is 0.393 e. The first-order valence-electron chi connectivity index (χ1n) is 5.23. The van der Waals surface area contributed by atoms with Gasteiger partial charge < -0.3 is 15.4 Å². The number of amides is 1. The molecule has 0 aromatic carbocycles. The fourth-order valence-electron chi connectivity index (χ4n) is 1.64. The van der Waals surface area contributed by atoms with Gasteiger partial charge in [-0.1, -0.05) is 12.2 Å². The van der Waals surface area contributed by atoms with E-state index in [1.807, 2.05) is 0 Å². The second-order valence-electron chi connectivity index (χ2n) is 3.91. The maximum atomic E-state index is 11.5. The van der Waals surface area contributed by atoms with Gasteiger partial charge in [0.05, 0.1) is 17.5 Å². The summed E-state index contributed by atoms with van der Waals surface area (Å²) < 4.78 is 5.55. The van der Waals surface area contributed by atoms with Gasteiger partial charge in [-0.15, -0.1) is 0 Å². The van der Waals surface area contributed by atoms with Crippen LogP contribution in [-0.4, -0.2) is 42.1 Å². The van der Waals surface area contributed by atoms with Crippen LogP contribution in [0.15, 0.2) is 0 Å². The lowest BCUT2D eigenvalue weighted by atomic mass is 10.1. The molecule has 5 heteroatoms. The Morgan fingerprint density at radius 3 is 2.87 bits per heavy atom. The Kier molecular flexibility index (Phi) is 4.98. The van der Waals surface area contributed by atoms with Crippen LogP contribution in [0.1, 0.15) is 25.7 Å². The second kappa shape index (κ2) is 6.02. The zero-order chi connectivity index (χ0) is 11.3. The number of rotatable bonds is 4. The minimum atomic E-state index is -0.0309. The molecule has 1 aliphatic heterocycles. The summed E-state index contributed by atoms with van der Waals surface area (Å²) in [7, 11) is 1.76.